The lowest BCUT2D eigenvalue weighted by atomic mass is 10.2. The zero-order chi connectivity index (χ0) is 15.2. The number of unbranched alkanes of at least 4 members (excludes halogenated alkanes) is 2. The minimum Gasteiger partial charge on any atom is -0.462 e. The first kappa shape index (κ1) is 18.7. The van der Waals surface area contributed by atoms with Crippen molar-refractivity contribution in [1.29, 1.82) is 0 Å². The van der Waals surface area contributed by atoms with Crippen LogP contribution in [0.5, 0.6) is 0 Å². The summed E-state index contributed by atoms with van der Waals surface area (Å²) in [7, 11) is 0. The van der Waals surface area contributed by atoms with Crippen LogP contribution in [0, 0.1) is 11.8 Å². The molecule has 0 unspecified atom stereocenters. The van der Waals surface area contributed by atoms with Crippen LogP contribution in [0.1, 0.15) is 53.4 Å². The van der Waals surface area contributed by atoms with E-state index in [4.69, 9.17) is 4.74 Å². The normalized spacial score (nSPS) is 11.2. The van der Waals surface area contributed by atoms with E-state index in [2.05, 4.69) is 30.6 Å². The van der Waals surface area contributed by atoms with E-state index >= 15 is 0 Å². The lowest BCUT2D eigenvalue weighted by Crippen LogP contribution is -2.26. The lowest BCUT2D eigenvalue weighted by Gasteiger charge is -2.18. The molecule has 0 bridgehead atoms. The van der Waals surface area contributed by atoms with E-state index in [0.717, 1.165) is 25.2 Å². The molecule has 0 N–H and O–H groups in total. The van der Waals surface area contributed by atoms with E-state index in [1.807, 2.05) is 13.0 Å². The highest BCUT2D eigenvalue weighted by molar-refractivity contribution is 5.66. The molecule has 0 saturated carbocycles. The van der Waals surface area contributed by atoms with Crippen molar-refractivity contribution in [1.82, 2.24) is 4.90 Å². The summed E-state index contributed by atoms with van der Waals surface area (Å²) in [4.78, 5) is 13.1. The summed E-state index contributed by atoms with van der Waals surface area (Å²) >= 11 is 0. The minimum absolute atomic E-state index is 0.257. The van der Waals surface area contributed by atoms with E-state index in [0.29, 0.717) is 6.61 Å². The summed E-state index contributed by atoms with van der Waals surface area (Å²) in [5.74, 6) is 6.07. The lowest BCUT2D eigenvalue weighted by molar-refractivity contribution is -0.139. The molecule has 0 saturated heterocycles. The van der Waals surface area contributed by atoms with Crippen LogP contribution in [0.25, 0.3) is 0 Å². The second-order valence-corrected chi connectivity index (χ2v) is 4.97. The molecule has 0 heterocycles. The molecule has 0 aliphatic heterocycles. The maximum atomic E-state index is 10.6. The van der Waals surface area contributed by atoms with Crippen molar-refractivity contribution < 1.29 is 9.53 Å². The Bertz CT molecular complexity index is 342. The highest BCUT2D eigenvalue weighted by Crippen LogP contribution is 1.98. The topological polar surface area (TPSA) is 29.5 Å². The molecular weight excluding hydrogens is 250 g/mol. The zero-order valence-electron chi connectivity index (χ0n) is 13.5. The Morgan fingerprint density at radius 2 is 1.75 bits per heavy atom. The largest absolute Gasteiger partial charge is 0.462 e. The number of nitrogens with zero attached hydrogens (tertiary/aromatic N) is 1. The Balaban J connectivity index is 4.16. The van der Waals surface area contributed by atoms with Gasteiger partial charge in [0.25, 0.3) is 0 Å². The summed E-state index contributed by atoms with van der Waals surface area (Å²) in [6.07, 6.45) is 6.74. The number of rotatable bonds is 9. The van der Waals surface area contributed by atoms with Gasteiger partial charge < -0.3 is 4.74 Å². The highest BCUT2D eigenvalue weighted by Gasteiger charge is 2.00. The molecule has 0 aliphatic carbocycles. The molecule has 0 fully saturated rings. The first-order chi connectivity index (χ1) is 9.60. The Morgan fingerprint density at radius 3 is 2.25 bits per heavy atom. The van der Waals surface area contributed by atoms with Crippen molar-refractivity contribution in [3.8, 4) is 11.8 Å². The molecule has 0 spiro atoms. The average Bonchev–Trinajstić information content (AvgIpc) is 2.40. The van der Waals surface area contributed by atoms with Crippen LogP contribution in [0.3, 0.4) is 0 Å². The summed E-state index contributed by atoms with van der Waals surface area (Å²) in [6.45, 7) is 11.2. The van der Waals surface area contributed by atoms with Gasteiger partial charge >= 0.3 is 5.97 Å². The maximum Gasteiger partial charge on any atom is 0.302 e. The number of hydrogen-bond donors (Lipinski definition) is 0. The second kappa shape index (κ2) is 12.7. The van der Waals surface area contributed by atoms with E-state index in [9.17, 15) is 4.79 Å². The van der Waals surface area contributed by atoms with Crippen LogP contribution in [0.4, 0.5) is 0 Å². The number of ether oxygens (including phenoxy) is 1. The van der Waals surface area contributed by atoms with Crippen molar-refractivity contribution in [3.05, 3.63) is 11.6 Å². The van der Waals surface area contributed by atoms with Gasteiger partial charge in [-0.3, -0.25) is 9.69 Å². The van der Waals surface area contributed by atoms with Gasteiger partial charge in [0, 0.05) is 6.92 Å². The van der Waals surface area contributed by atoms with Gasteiger partial charge in [-0.2, -0.15) is 0 Å². The number of hydrogen-bond acceptors (Lipinski definition) is 3. The number of carbonyl (C=O) groups excluding carboxylic acids is 1. The molecule has 0 aromatic carbocycles. The molecule has 3 heteroatoms. The molecular formula is C17H29NO2. The predicted molar refractivity (Wildman–Crippen MR) is 84.4 cm³/mol. The molecule has 3 nitrogen and oxygen atoms in total. The van der Waals surface area contributed by atoms with Gasteiger partial charge in [0.1, 0.15) is 6.61 Å². The van der Waals surface area contributed by atoms with Crippen LogP contribution < -0.4 is 0 Å². The standard InChI is InChI=1S/C17H29NO2/c1-5-7-12-18(13-8-6-2)14-9-10-16(3)11-15-20-17(4)19/h11H,5-8,12-15H2,1-4H3. The number of esters is 1. The molecule has 20 heavy (non-hydrogen) atoms. The Hall–Kier alpha value is -1.27. The molecule has 114 valence electrons. The predicted octanol–water partition coefficient (Wildman–Crippen LogP) is 3.40. The third-order valence-electron chi connectivity index (χ3n) is 2.92. The summed E-state index contributed by atoms with van der Waals surface area (Å²) in [5, 5.41) is 0. The van der Waals surface area contributed by atoms with Gasteiger partial charge in [-0.1, -0.05) is 38.5 Å². The number of carbonyl (C=O) groups is 1. The second-order valence-electron chi connectivity index (χ2n) is 4.97. The molecule has 0 radical (unpaired) electrons. The quantitative estimate of drug-likeness (QED) is 0.478. The summed E-state index contributed by atoms with van der Waals surface area (Å²) in [5.41, 5.74) is 0.956. The third-order valence-corrected chi connectivity index (χ3v) is 2.92. The number of allylic oxidation sites excluding steroid dienone is 1. The first-order valence-electron chi connectivity index (χ1n) is 7.61. The van der Waals surface area contributed by atoms with Gasteiger partial charge in [-0.05, 0) is 44.5 Å². The molecule has 0 aromatic heterocycles. The van der Waals surface area contributed by atoms with Gasteiger partial charge in [0.2, 0.25) is 0 Å². The maximum absolute atomic E-state index is 10.6. The Morgan fingerprint density at radius 1 is 1.15 bits per heavy atom. The zero-order valence-corrected chi connectivity index (χ0v) is 13.5. The van der Waals surface area contributed by atoms with Crippen molar-refractivity contribution in [2.75, 3.05) is 26.2 Å². The molecule has 0 aromatic rings. The van der Waals surface area contributed by atoms with Crippen molar-refractivity contribution in [2.24, 2.45) is 0 Å². The Labute approximate surface area is 124 Å². The SMILES string of the molecule is CCCCN(CC#CC(C)=CCOC(C)=O)CCCC. The van der Waals surface area contributed by atoms with E-state index in [1.165, 1.54) is 32.6 Å². The summed E-state index contributed by atoms with van der Waals surface area (Å²) in [6, 6.07) is 0. The van der Waals surface area contributed by atoms with Crippen molar-refractivity contribution >= 4 is 5.97 Å². The molecule has 0 rings (SSSR count). The average molecular weight is 279 g/mol. The summed E-state index contributed by atoms with van der Waals surface area (Å²) < 4.78 is 4.85. The van der Waals surface area contributed by atoms with Gasteiger partial charge in [-0.25, -0.2) is 0 Å². The highest BCUT2D eigenvalue weighted by atomic mass is 16.5. The molecule has 0 aliphatic rings. The first-order valence-corrected chi connectivity index (χ1v) is 7.61. The minimum atomic E-state index is -0.257. The fraction of sp³-hybridized carbons (Fsp3) is 0.706. The van der Waals surface area contributed by atoms with Crippen molar-refractivity contribution in [2.45, 2.75) is 53.4 Å². The van der Waals surface area contributed by atoms with E-state index in [1.54, 1.807) is 0 Å². The third kappa shape index (κ3) is 11.8. The van der Waals surface area contributed by atoms with Crippen LogP contribution in [0.15, 0.2) is 11.6 Å². The smallest absolute Gasteiger partial charge is 0.302 e. The van der Waals surface area contributed by atoms with E-state index < -0.39 is 0 Å². The fourth-order valence-corrected chi connectivity index (χ4v) is 1.66. The monoisotopic (exact) mass is 279 g/mol. The van der Waals surface area contributed by atoms with Gasteiger partial charge in [-0.15, -0.1) is 0 Å². The van der Waals surface area contributed by atoms with Gasteiger partial charge in [0.15, 0.2) is 0 Å². The molecule has 0 atom stereocenters. The van der Waals surface area contributed by atoms with E-state index in [-0.39, 0.29) is 5.97 Å². The van der Waals surface area contributed by atoms with Crippen LogP contribution >= 0.6 is 0 Å². The Kier molecular flexibility index (Phi) is 11.9. The van der Waals surface area contributed by atoms with Crippen LogP contribution in [0.2, 0.25) is 0 Å². The fourth-order valence-electron chi connectivity index (χ4n) is 1.66. The van der Waals surface area contributed by atoms with Crippen LogP contribution in [-0.2, 0) is 9.53 Å². The van der Waals surface area contributed by atoms with Gasteiger partial charge in [0.05, 0.1) is 6.54 Å². The van der Waals surface area contributed by atoms with Crippen molar-refractivity contribution in [3.63, 3.8) is 0 Å². The van der Waals surface area contributed by atoms with Crippen LogP contribution in [-0.4, -0.2) is 37.1 Å². The molecule has 0 amide bonds.